The van der Waals surface area contributed by atoms with Gasteiger partial charge in [0.2, 0.25) is 0 Å². The van der Waals surface area contributed by atoms with Crippen molar-refractivity contribution in [1.29, 1.82) is 0 Å². The molecule has 20 heavy (non-hydrogen) atoms. The van der Waals surface area contributed by atoms with Crippen molar-refractivity contribution in [2.75, 3.05) is 53.4 Å². The topological polar surface area (TPSA) is 53.1 Å². The van der Waals surface area contributed by atoms with E-state index in [-0.39, 0.29) is 6.10 Å². The Bertz CT molecular complexity index is 450. The Morgan fingerprint density at radius 1 is 1.20 bits per heavy atom. The minimum absolute atomic E-state index is 0.0638. The van der Waals surface area contributed by atoms with Crippen molar-refractivity contribution >= 4 is 10.2 Å². The molecule has 0 aromatic rings. The maximum Gasteiger partial charge on any atom is 0.281 e. The molecule has 0 spiro atoms. The average Bonchev–Trinajstić information content (AvgIpc) is 3.13. The summed E-state index contributed by atoms with van der Waals surface area (Å²) in [6.07, 6.45) is 2.77. The fraction of sp³-hybridized carbons (Fsp3) is 1.00. The maximum atomic E-state index is 12.2. The normalized spacial score (nSPS) is 33.4. The zero-order valence-electron chi connectivity index (χ0n) is 12.4. The first-order valence-corrected chi connectivity index (χ1v) is 8.88. The van der Waals surface area contributed by atoms with Crippen LogP contribution in [0.15, 0.2) is 0 Å². The van der Waals surface area contributed by atoms with Gasteiger partial charge in [0, 0.05) is 52.7 Å². The third-order valence-electron chi connectivity index (χ3n) is 4.58. The van der Waals surface area contributed by atoms with E-state index in [1.54, 1.807) is 18.4 Å². The second kappa shape index (κ2) is 5.53. The van der Waals surface area contributed by atoms with Crippen molar-refractivity contribution in [3.63, 3.8) is 0 Å². The highest BCUT2D eigenvalue weighted by Gasteiger charge is 2.42. The molecule has 2 saturated heterocycles. The molecule has 3 rings (SSSR count). The molecule has 2 aliphatic heterocycles. The van der Waals surface area contributed by atoms with E-state index in [9.17, 15) is 8.42 Å². The van der Waals surface area contributed by atoms with Crippen LogP contribution in [0.2, 0.25) is 0 Å². The van der Waals surface area contributed by atoms with Gasteiger partial charge >= 0.3 is 0 Å². The van der Waals surface area contributed by atoms with Crippen LogP contribution in [-0.4, -0.2) is 81.5 Å². The number of rotatable bonds is 4. The molecule has 1 saturated carbocycles. The van der Waals surface area contributed by atoms with E-state index < -0.39 is 10.2 Å². The minimum atomic E-state index is -3.31. The Balaban J connectivity index is 1.64. The van der Waals surface area contributed by atoms with Gasteiger partial charge in [-0.15, -0.1) is 0 Å². The van der Waals surface area contributed by atoms with E-state index in [0.717, 1.165) is 32.2 Å². The standard InChI is InChI=1S/C13H25N3O3S/c1-14(2)20(17,18)16-9-12-8-15(7-11-3-4-11)5-6-19-13(12)10-16/h11-13H,3-10H2,1-2H3/t12-,13+/m0/s1. The molecule has 0 amide bonds. The predicted octanol–water partition coefficient (Wildman–Crippen LogP) is -0.165. The summed E-state index contributed by atoms with van der Waals surface area (Å²) in [5.41, 5.74) is 0. The summed E-state index contributed by atoms with van der Waals surface area (Å²) in [7, 11) is -0.133. The summed E-state index contributed by atoms with van der Waals surface area (Å²) in [6.45, 7) is 4.94. The third-order valence-corrected chi connectivity index (χ3v) is 6.45. The Hall–Kier alpha value is -0.210. The van der Waals surface area contributed by atoms with Gasteiger partial charge in [0.1, 0.15) is 0 Å². The van der Waals surface area contributed by atoms with E-state index in [4.69, 9.17) is 4.74 Å². The highest BCUT2D eigenvalue weighted by atomic mass is 32.2. The van der Waals surface area contributed by atoms with E-state index in [1.807, 2.05) is 0 Å². The lowest BCUT2D eigenvalue weighted by atomic mass is 10.1. The lowest BCUT2D eigenvalue weighted by Crippen LogP contribution is -2.40. The number of nitrogens with zero attached hydrogens (tertiary/aromatic N) is 3. The second-order valence-electron chi connectivity index (χ2n) is 6.48. The summed E-state index contributed by atoms with van der Waals surface area (Å²) in [5.74, 6) is 1.18. The molecular formula is C13H25N3O3S. The summed E-state index contributed by atoms with van der Waals surface area (Å²) < 4.78 is 33.2. The first-order chi connectivity index (χ1) is 9.46. The van der Waals surface area contributed by atoms with Gasteiger partial charge < -0.3 is 9.64 Å². The van der Waals surface area contributed by atoms with Gasteiger partial charge in [0.15, 0.2) is 0 Å². The van der Waals surface area contributed by atoms with Gasteiger partial charge in [-0.1, -0.05) is 0 Å². The molecule has 7 heteroatoms. The first-order valence-electron chi connectivity index (χ1n) is 7.48. The van der Waals surface area contributed by atoms with Crippen molar-refractivity contribution in [3.8, 4) is 0 Å². The van der Waals surface area contributed by atoms with Gasteiger partial charge in [-0.2, -0.15) is 17.0 Å². The Labute approximate surface area is 121 Å². The second-order valence-corrected chi connectivity index (χ2v) is 8.62. The van der Waals surface area contributed by atoms with Gasteiger partial charge in [-0.3, -0.25) is 0 Å². The zero-order chi connectivity index (χ0) is 14.3. The minimum Gasteiger partial charge on any atom is -0.375 e. The van der Waals surface area contributed by atoms with E-state index >= 15 is 0 Å². The molecule has 0 radical (unpaired) electrons. The highest BCUT2D eigenvalue weighted by molar-refractivity contribution is 7.86. The van der Waals surface area contributed by atoms with E-state index in [0.29, 0.717) is 19.0 Å². The molecule has 0 bridgehead atoms. The van der Waals surface area contributed by atoms with Crippen LogP contribution in [0, 0.1) is 11.8 Å². The van der Waals surface area contributed by atoms with Crippen molar-refractivity contribution in [2.24, 2.45) is 11.8 Å². The van der Waals surface area contributed by atoms with Crippen LogP contribution >= 0.6 is 0 Å². The summed E-state index contributed by atoms with van der Waals surface area (Å²) in [6, 6.07) is 0. The SMILES string of the molecule is CN(C)S(=O)(=O)N1C[C@@H]2CN(CC3CC3)CCO[C@@H]2C1. The van der Waals surface area contributed by atoms with Crippen LogP contribution in [0.4, 0.5) is 0 Å². The van der Waals surface area contributed by atoms with Crippen LogP contribution in [0.3, 0.4) is 0 Å². The smallest absolute Gasteiger partial charge is 0.281 e. The Morgan fingerprint density at radius 3 is 2.60 bits per heavy atom. The Morgan fingerprint density at radius 2 is 1.95 bits per heavy atom. The molecule has 0 unspecified atom stereocenters. The molecular weight excluding hydrogens is 278 g/mol. The number of fused-ring (bicyclic) bond motifs is 1. The molecule has 2 heterocycles. The van der Waals surface area contributed by atoms with Crippen molar-refractivity contribution in [2.45, 2.75) is 18.9 Å². The van der Waals surface area contributed by atoms with E-state index in [2.05, 4.69) is 4.90 Å². The maximum absolute atomic E-state index is 12.2. The number of hydrogen-bond acceptors (Lipinski definition) is 4. The highest BCUT2D eigenvalue weighted by Crippen LogP contribution is 2.32. The summed E-state index contributed by atoms with van der Waals surface area (Å²) >= 11 is 0. The quantitative estimate of drug-likeness (QED) is 0.724. The molecule has 3 fully saturated rings. The Kier molecular flexibility index (Phi) is 4.07. The lowest BCUT2D eigenvalue weighted by molar-refractivity contribution is 0.0545. The number of hydrogen-bond donors (Lipinski definition) is 0. The summed E-state index contributed by atoms with van der Waals surface area (Å²) in [4.78, 5) is 2.47. The van der Waals surface area contributed by atoms with Crippen molar-refractivity contribution < 1.29 is 13.2 Å². The monoisotopic (exact) mass is 303 g/mol. The van der Waals surface area contributed by atoms with Crippen LogP contribution in [0.5, 0.6) is 0 Å². The van der Waals surface area contributed by atoms with Crippen LogP contribution in [0.1, 0.15) is 12.8 Å². The van der Waals surface area contributed by atoms with Gasteiger partial charge in [-0.25, -0.2) is 0 Å². The van der Waals surface area contributed by atoms with Crippen LogP contribution in [-0.2, 0) is 14.9 Å². The van der Waals surface area contributed by atoms with Gasteiger partial charge in [-0.05, 0) is 18.8 Å². The fourth-order valence-electron chi connectivity index (χ4n) is 3.17. The summed E-state index contributed by atoms with van der Waals surface area (Å²) in [5, 5.41) is 0. The molecule has 116 valence electrons. The predicted molar refractivity (Wildman–Crippen MR) is 76.6 cm³/mol. The molecule has 3 aliphatic rings. The largest absolute Gasteiger partial charge is 0.375 e. The lowest BCUT2D eigenvalue weighted by Gasteiger charge is -2.24. The zero-order valence-corrected chi connectivity index (χ0v) is 13.2. The van der Waals surface area contributed by atoms with Gasteiger partial charge in [0.05, 0.1) is 12.7 Å². The molecule has 0 N–H and O–H groups in total. The van der Waals surface area contributed by atoms with Gasteiger partial charge in [0.25, 0.3) is 10.2 Å². The third kappa shape index (κ3) is 3.01. The molecule has 6 nitrogen and oxygen atoms in total. The number of ether oxygens (including phenoxy) is 1. The van der Waals surface area contributed by atoms with Crippen LogP contribution < -0.4 is 0 Å². The molecule has 2 atom stereocenters. The van der Waals surface area contributed by atoms with Crippen molar-refractivity contribution in [1.82, 2.24) is 13.5 Å². The average molecular weight is 303 g/mol. The van der Waals surface area contributed by atoms with E-state index in [1.165, 1.54) is 17.1 Å². The first kappa shape index (κ1) is 14.7. The van der Waals surface area contributed by atoms with Crippen LogP contribution in [0.25, 0.3) is 0 Å². The molecule has 0 aromatic carbocycles. The fourth-order valence-corrected chi connectivity index (χ4v) is 4.35. The molecule has 1 aliphatic carbocycles. The van der Waals surface area contributed by atoms with Crippen molar-refractivity contribution in [3.05, 3.63) is 0 Å². The molecule has 0 aromatic heterocycles.